The van der Waals surface area contributed by atoms with Gasteiger partial charge in [-0.3, -0.25) is 9.89 Å². The van der Waals surface area contributed by atoms with Crippen molar-refractivity contribution in [1.82, 2.24) is 15.2 Å². The molecule has 106 valence electrons. The summed E-state index contributed by atoms with van der Waals surface area (Å²) in [5.41, 5.74) is 8.82. The highest BCUT2D eigenvalue weighted by Crippen LogP contribution is 2.23. The second-order valence-corrected chi connectivity index (χ2v) is 5.59. The quantitative estimate of drug-likeness (QED) is 0.750. The standard InChI is InChI=1S/C13H16BrN5O/c1-6(2)10-9(15)11(19-18-10)13(20)17-8-4-7(3)12(14)16-5-8/h4-6H,15H2,1-3H3,(H,17,20)(H,18,19). The number of anilines is 2. The van der Waals surface area contributed by atoms with E-state index in [1.807, 2.05) is 26.8 Å². The third-order valence-corrected chi connectivity index (χ3v) is 3.73. The van der Waals surface area contributed by atoms with Crippen LogP contribution in [0.5, 0.6) is 0 Å². The molecule has 7 heteroatoms. The molecular formula is C13H16BrN5O. The maximum Gasteiger partial charge on any atom is 0.278 e. The first-order valence-corrected chi connectivity index (χ1v) is 6.96. The lowest BCUT2D eigenvalue weighted by molar-refractivity contribution is 0.102. The number of amides is 1. The number of pyridine rings is 1. The molecule has 0 aliphatic carbocycles. The molecule has 0 aliphatic rings. The number of rotatable bonds is 3. The Morgan fingerprint density at radius 2 is 2.20 bits per heavy atom. The number of nitrogen functional groups attached to an aromatic ring is 1. The number of carbonyl (C=O) groups excluding carboxylic acids is 1. The molecule has 4 N–H and O–H groups in total. The van der Waals surface area contributed by atoms with E-state index in [4.69, 9.17) is 5.73 Å². The van der Waals surface area contributed by atoms with Crippen LogP contribution in [0.2, 0.25) is 0 Å². The fraction of sp³-hybridized carbons (Fsp3) is 0.308. The summed E-state index contributed by atoms with van der Waals surface area (Å²) in [6, 6.07) is 1.82. The average molecular weight is 338 g/mol. The third kappa shape index (κ3) is 2.82. The number of nitrogens with two attached hydrogens (primary N) is 1. The van der Waals surface area contributed by atoms with Crippen LogP contribution in [0, 0.1) is 6.92 Å². The summed E-state index contributed by atoms with van der Waals surface area (Å²) in [4.78, 5) is 16.3. The molecular weight excluding hydrogens is 322 g/mol. The number of aryl methyl sites for hydroxylation is 1. The lowest BCUT2D eigenvalue weighted by Crippen LogP contribution is -2.14. The van der Waals surface area contributed by atoms with Crippen molar-refractivity contribution >= 4 is 33.2 Å². The first kappa shape index (κ1) is 14.5. The zero-order chi connectivity index (χ0) is 14.9. The van der Waals surface area contributed by atoms with E-state index in [2.05, 4.69) is 36.4 Å². The molecule has 2 heterocycles. The van der Waals surface area contributed by atoms with Crippen molar-refractivity contribution in [3.63, 3.8) is 0 Å². The van der Waals surface area contributed by atoms with E-state index in [0.717, 1.165) is 15.9 Å². The highest BCUT2D eigenvalue weighted by molar-refractivity contribution is 9.10. The molecule has 0 saturated heterocycles. The Bertz CT molecular complexity index is 650. The summed E-state index contributed by atoms with van der Waals surface area (Å²) >= 11 is 3.31. The maximum absolute atomic E-state index is 12.2. The number of nitrogens with one attached hydrogen (secondary N) is 2. The zero-order valence-corrected chi connectivity index (χ0v) is 13.1. The fourth-order valence-electron chi connectivity index (χ4n) is 1.79. The Hall–Kier alpha value is -1.89. The molecule has 2 aromatic rings. The average Bonchev–Trinajstić information content (AvgIpc) is 2.76. The van der Waals surface area contributed by atoms with Crippen molar-refractivity contribution in [1.29, 1.82) is 0 Å². The van der Waals surface area contributed by atoms with Crippen LogP contribution in [-0.4, -0.2) is 21.1 Å². The number of hydrogen-bond donors (Lipinski definition) is 3. The van der Waals surface area contributed by atoms with Gasteiger partial charge in [-0.05, 0) is 40.4 Å². The third-order valence-electron chi connectivity index (χ3n) is 2.90. The van der Waals surface area contributed by atoms with Gasteiger partial charge in [-0.15, -0.1) is 0 Å². The number of aromatic nitrogens is 3. The van der Waals surface area contributed by atoms with Crippen LogP contribution in [0.1, 0.15) is 41.5 Å². The fourth-order valence-corrected chi connectivity index (χ4v) is 2.01. The van der Waals surface area contributed by atoms with Gasteiger partial charge < -0.3 is 11.1 Å². The Morgan fingerprint density at radius 3 is 2.75 bits per heavy atom. The lowest BCUT2D eigenvalue weighted by Gasteiger charge is -2.06. The predicted molar refractivity (Wildman–Crippen MR) is 81.7 cm³/mol. The largest absolute Gasteiger partial charge is 0.395 e. The van der Waals surface area contributed by atoms with E-state index in [-0.39, 0.29) is 17.5 Å². The minimum Gasteiger partial charge on any atom is -0.395 e. The van der Waals surface area contributed by atoms with E-state index in [9.17, 15) is 4.79 Å². The van der Waals surface area contributed by atoms with E-state index in [0.29, 0.717) is 11.4 Å². The molecule has 0 unspecified atom stereocenters. The number of hydrogen-bond acceptors (Lipinski definition) is 4. The second kappa shape index (κ2) is 5.62. The number of halogens is 1. The topological polar surface area (TPSA) is 96.7 Å². The molecule has 0 radical (unpaired) electrons. The first-order chi connectivity index (χ1) is 9.40. The molecule has 2 rings (SSSR count). The van der Waals surface area contributed by atoms with Crippen molar-refractivity contribution in [3.05, 3.63) is 33.8 Å². The predicted octanol–water partition coefficient (Wildman–Crippen LogP) is 2.83. The lowest BCUT2D eigenvalue weighted by atomic mass is 10.1. The van der Waals surface area contributed by atoms with Crippen LogP contribution in [0.15, 0.2) is 16.9 Å². The molecule has 0 fully saturated rings. The van der Waals surface area contributed by atoms with E-state index < -0.39 is 0 Å². The molecule has 1 amide bonds. The van der Waals surface area contributed by atoms with Crippen LogP contribution >= 0.6 is 15.9 Å². The first-order valence-electron chi connectivity index (χ1n) is 6.17. The number of nitrogens with zero attached hydrogens (tertiary/aromatic N) is 2. The van der Waals surface area contributed by atoms with Crippen LogP contribution in [0.4, 0.5) is 11.4 Å². The van der Waals surface area contributed by atoms with Gasteiger partial charge in [0.1, 0.15) is 4.60 Å². The Balaban J connectivity index is 2.22. The second-order valence-electron chi connectivity index (χ2n) is 4.84. The van der Waals surface area contributed by atoms with Crippen LogP contribution in [0.25, 0.3) is 0 Å². The molecule has 0 aliphatic heterocycles. The Labute approximate surface area is 125 Å². The number of carbonyl (C=O) groups is 1. The van der Waals surface area contributed by atoms with Gasteiger partial charge in [0.2, 0.25) is 0 Å². The van der Waals surface area contributed by atoms with E-state index >= 15 is 0 Å². The van der Waals surface area contributed by atoms with Crippen LogP contribution < -0.4 is 11.1 Å². The van der Waals surface area contributed by atoms with Crippen molar-refractivity contribution in [2.24, 2.45) is 0 Å². The monoisotopic (exact) mass is 337 g/mol. The van der Waals surface area contributed by atoms with Gasteiger partial charge in [0.25, 0.3) is 5.91 Å². The van der Waals surface area contributed by atoms with Gasteiger partial charge in [-0.1, -0.05) is 13.8 Å². The van der Waals surface area contributed by atoms with Crippen molar-refractivity contribution < 1.29 is 4.79 Å². The van der Waals surface area contributed by atoms with Crippen molar-refractivity contribution in [3.8, 4) is 0 Å². The summed E-state index contributed by atoms with van der Waals surface area (Å²) in [6.07, 6.45) is 1.57. The molecule has 2 aromatic heterocycles. The normalized spacial score (nSPS) is 10.8. The van der Waals surface area contributed by atoms with Gasteiger partial charge >= 0.3 is 0 Å². The smallest absolute Gasteiger partial charge is 0.278 e. The minimum atomic E-state index is -0.353. The SMILES string of the molecule is Cc1cc(NC(=O)c2n[nH]c(C(C)C)c2N)cnc1Br. The van der Waals surface area contributed by atoms with Gasteiger partial charge in [-0.25, -0.2) is 4.98 Å². The van der Waals surface area contributed by atoms with E-state index in [1.165, 1.54) is 0 Å². The molecule has 0 aromatic carbocycles. The highest BCUT2D eigenvalue weighted by Gasteiger charge is 2.19. The van der Waals surface area contributed by atoms with Gasteiger partial charge in [0, 0.05) is 0 Å². The molecule has 0 bridgehead atoms. The molecule has 0 spiro atoms. The molecule has 0 saturated carbocycles. The van der Waals surface area contributed by atoms with Crippen LogP contribution in [0.3, 0.4) is 0 Å². The summed E-state index contributed by atoms with van der Waals surface area (Å²) < 4.78 is 0.747. The Kier molecular flexibility index (Phi) is 4.08. The maximum atomic E-state index is 12.2. The Morgan fingerprint density at radius 1 is 1.50 bits per heavy atom. The summed E-state index contributed by atoms with van der Waals surface area (Å²) in [6.45, 7) is 5.85. The minimum absolute atomic E-state index is 0.181. The van der Waals surface area contributed by atoms with Crippen LogP contribution in [-0.2, 0) is 0 Å². The summed E-state index contributed by atoms with van der Waals surface area (Å²) in [7, 11) is 0. The molecule has 0 atom stereocenters. The molecule has 6 nitrogen and oxygen atoms in total. The van der Waals surface area contributed by atoms with Gasteiger partial charge in [-0.2, -0.15) is 5.10 Å². The van der Waals surface area contributed by atoms with Gasteiger partial charge in [0.15, 0.2) is 5.69 Å². The van der Waals surface area contributed by atoms with Crippen molar-refractivity contribution in [2.75, 3.05) is 11.1 Å². The number of aromatic amines is 1. The summed E-state index contributed by atoms with van der Waals surface area (Å²) in [5.74, 6) is -0.171. The zero-order valence-electron chi connectivity index (χ0n) is 11.5. The van der Waals surface area contributed by atoms with E-state index in [1.54, 1.807) is 6.20 Å². The van der Waals surface area contributed by atoms with Gasteiger partial charge in [0.05, 0.1) is 23.3 Å². The summed E-state index contributed by atoms with van der Waals surface area (Å²) in [5, 5.41) is 9.52. The molecule has 20 heavy (non-hydrogen) atoms. The van der Waals surface area contributed by atoms with Crippen molar-refractivity contribution in [2.45, 2.75) is 26.7 Å². The highest BCUT2D eigenvalue weighted by atomic mass is 79.9. The number of H-pyrrole nitrogens is 1.